The second kappa shape index (κ2) is 10.4. The lowest BCUT2D eigenvalue weighted by molar-refractivity contribution is -0.122. The van der Waals surface area contributed by atoms with E-state index in [0.717, 1.165) is 44.7 Å². The summed E-state index contributed by atoms with van der Waals surface area (Å²) in [5.74, 6) is 0.0259. The standard InChI is InChI=1S/C23H27ClN4O/c1-18(21-5-2-3-6-22(21)24)26-23(29)17-28-12-4-11-27(13-14-28)16-20-9-7-19(15-25)8-10-20/h2-3,5-10,18H,4,11-14,16-17H2,1H3,(H,26,29). The molecule has 0 aromatic heterocycles. The van der Waals surface area contributed by atoms with Crippen LogP contribution in [0.3, 0.4) is 0 Å². The van der Waals surface area contributed by atoms with Crippen molar-refractivity contribution < 1.29 is 4.79 Å². The van der Waals surface area contributed by atoms with E-state index in [2.05, 4.69) is 21.2 Å². The van der Waals surface area contributed by atoms with Gasteiger partial charge in [0.15, 0.2) is 0 Å². The van der Waals surface area contributed by atoms with Gasteiger partial charge >= 0.3 is 0 Å². The maximum absolute atomic E-state index is 12.5. The third-order valence-corrected chi connectivity index (χ3v) is 5.63. The number of benzene rings is 2. The fraction of sp³-hybridized carbons (Fsp3) is 0.391. The number of nitrogens with zero attached hydrogens (tertiary/aromatic N) is 3. The molecule has 1 aliphatic rings. The topological polar surface area (TPSA) is 59.4 Å². The molecule has 1 heterocycles. The molecular weight excluding hydrogens is 384 g/mol. The zero-order valence-corrected chi connectivity index (χ0v) is 17.5. The van der Waals surface area contributed by atoms with E-state index in [1.54, 1.807) is 0 Å². The first-order chi connectivity index (χ1) is 14.0. The maximum atomic E-state index is 12.5. The number of nitriles is 1. The highest BCUT2D eigenvalue weighted by molar-refractivity contribution is 6.31. The summed E-state index contributed by atoms with van der Waals surface area (Å²) in [7, 11) is 0. The molecule has 1 atom stereocenters. The number of amides is 1. The minimum atomic E-state index is -0.115. The second-order valence-electron chi connectivity index (χ2n) is 7.53. The van der Waals surface area contributed by atoms with Crippen molar-refractivity contribution in [2.24, 2.45) is 0 Å². The SMILES string of the molecule is CC(NC(=O)CN1CCCN(Cc2ccc(C#N)cc2)CC1)c1ccccc1Cl. The molecule has 0 radical (unpaired) electrons. The van der Waals surface area contributed by atoms with Crippen molar-refractivity contribution >= 4 is 17.5 Å². The Morgan fingerprint density at radius 1 is 1.10 bits per heavy atom. The molecule has 1 amide bonds. The second-order valence-corrected chi connectivity index (χ2v) is 7.93. The fourth-order valence-electron chi connectivity index (χ4n) is 3.68. The summed E-state index contributed by atoms with van der Waals surface area (Å²) in [5.41, 5.74) is 2.84. The molecule has 152 valence electrons. The zero-order valence-electron chi connectivity index (χ0n) is 16.8. The number of nitrogens with one attached hydrogen (secondary N) is 1. The maximum Gasteiger partial charge on any atom is 0.234 e. The summed E-state index contributed by atoms with van der Waals surface area (Å²) >= 11 is 6.23. The van der Waals surface area contributed by atoms with Crippen molar-refractivity contribution in [1.82, 2.24) is 15.1 Å². The van der Waals surface area contributed by atoms with Crippen molar-refractivity contribution in [2.75, 3.05) is 32.7 Å². The van der Waals surface area contributed by atoms with Gasteiger partial charge in [0, 0.05) is 24.7 Å². The van der Waals surface area contributed by atoms with Gasteiger partial charge in [-0.2, -0.15) is 5.26 Å². The lowest BCUT2D eigenvalue weighted by Crippen LogP contribution is -2.40. The Kier molecular flexibility index (Phi) is 7.65. The molecule has 2 aromatic carbocycles. The van der Waals surface area contributed by atoms with Gasteiger partial charge in [-0.1, -0.05) is 41.9 Å². The molecule has 1 unspecified atom stereocenters. The summed E-state index contributed by atoms with van der Waals surface area (Å²) in [4.78, 5) is 17.1. The van der Waals surface area contributed by atoms with Crippen LogP contribution in [0.25, 0.3) is 0 Å². The molecule has 0 aliphatic carbocycles. The van der Waals surface area contributed by atoms with Crippen molar-refractivity contribution in [2.45, 2.75) is 25.9 Å². The van der Waals surface area contributed by atoms with Gasteiger partial charge in [0.1, 0.15) is 0 Å². The molecule has 6 heteroatoms. The summed E-state index contributed by atoms with van der Waals surface area (Å²) in [6.45, 7) is 6.94. The highest BCUT2D eigenvalue weighted by Gasteiger charge is 2.19. The lowest BCUT2D eigenvalue weighted by Gasteiger charge is -2.23. The van der Waals surface area contributed by atoms with E-state index in [4.69, 9.17) is 16.9 Å². The molecule has 0 spiro atoms. The Balaban J connectivity index is 1.47. The molecule has 0 bridgehead atoms. The van der Waals surface area contributed by atoms with E-state index in [1.165, 1.54) is 5.56 Å². The first-order valence-corrected chi connectivity index (χ1v) is 10.4. The van der Waals surface area contributed by atoms with Gasteiger partial charge in [-0.05, 0) is 55.8 Å². The molecule has 5 nitrogen and oxygen atoms in total. The predicted octanol–water partition coefficient (Wildman–Crippen LogP) is 3.60. The van der Waals surface area contributed by atoms with Crippen LogP contribution in [0.15, 0.2) is 48.5 Å². The van der Waals surface area contributed by atoms with Crippen molar-refractivity contribution in [3.63, 3.8) is 0 Å². The van der Waals surface area contributed by atoms with Crippen LogP contribution < -0.4 is 5.32 Å². The van der Waals surface area contributed by atoms with E-state index in [-0.39, 0.29) is 11.9 Å². The Bertz CT molecular complexity index is 862. The van der Waals surface area contributed by atoms with E-state index >= 15 is 0 Å². The molecule has 0 saturated carbocycles. The van der Waals surface area contributed by atoms with Crippen molar-refractivity contribution in [1.29, 1.82) is 5.26 Å². The number of rotatable bonds is 6. The van der Waals surface area contributed by atoms with Crippen LogP contribution in [0.1, 0.15) is 36.1 Å². The lowest BCUT2D eigenvalue weighted by atomic mass is 10.1. The molecule has 1 N–H and O–H groups in total. The largest absolute Gasteiger partial charge is 0.348 e. The van der Waals surface area contributed by atoms with Crippen LogP contribution in [-0.4, -0.2) is 48.4 Å². The van der Waals surface area contributed by atoms with E-state index in [1.807, 2.05) is 55.5 Å². The third-order valence-electron chi connectivity index (χ3n) is 5.29. The van der Waals surface area contributed by atoms with Crippen LogP contribution in [0.2, 0.25) is 5.02 Å². The first-order valence-electron chi connectivity index (χ1n) is 10.0. The quantitative estimate of drug-likeness (QED) is 0.790. The molecule has 1 aliphatic heterocycles. The smallest absolute Gasteiger partial charge is 0.234 e. The minimum Gasteiger partial charge on any atom is -0.348 e. The number of hydrogen-bond acceptors (Lipinski definition) is 4. The molecule has 29 heavy (non-hydrogen) atoms. The molecular formula is C23H27ClN4O. The summed E-state index contributed by atoms with van der Waals surface area (Å²) in [5, 5.41) is 12.7. The normalized spacial score (nSPS) is 16.6. The van der Waals surface area contributed by atoms with Crippen LogP contribution in [0.4, 0.5) is 0 Å². The van der Waals surface area contributed by atoms with Gasteiger partial charge in [0.25, 0.3) is 0 Å². The Morgan fingerprint density at radius 2 is 1.79 bits per heavy atom. The van der Waals surface area contributed by atoms with Gasteiger partial charge in [0.05, 0.1) is 24.2 Å². The summed E-state index contributed by atoms with van der Waals surface area (Å²) < 4.78 is 0. The average molecular weight is 411 g/mol. The predicted molar refractivity (Wildman–Crippen MR) is 116 cm³/mol. The van der Waals surface area contributed by atoms with E-state index < -0.39 is 0 Å². The summed E-state index contributed by atoms with van der Waals surface area (Å²) in [6.07, 6.45) is 1.03. The number of halogens is 1. The molecule has 1 fully saturated rings. The van der Waals surface area contributed by atoms with E-state index in [0.29, 0.717) is 17.1 Å². The zero-order chi connectivity index (χ0) is 20.6. The molecule has 1 saturated heterocycles. The minimum absolute atomic E-state index is 0.0259. The van der Waals surface area contributed by atoms with Crippen LogP contribution in [-0.2, 0) is 11.3 Å². The van der Waals surface area contributed by atoms with Crippen LogP contribution in [0.5, 0.6) is 0 Å². The van der Waals surface area contributed by atoms with Gasteiger partial charge in [-0.3, -0.25) is 14.6 Å². The Hall–Kier alpha value is -2.39. The molecule has 3 rings (SSSR count). The fourth-order valence-corrected chi connectivity index (χ4v) is 3.98. The Morgan fingerprint density at radius 3 is 2.52 bits per heavy atom. The monoisotopic (exact) mass is 410 g/mol. The van der Waals surface area contributed by atoms with Gasteiger partial charge in [0.2, 0.25) is 5.91 Å². The van der Waals surface area contributed by atoms with Gasteiger partial charge in [-0.15, -0.1) is 0 Å². The number of carbonyl (C=O) groups excluding carboxylic acids is 1. The van der Waals surface area contributed by atoms with E-state index in [9.17, 15) is 4.79 Å². The van der Waals surface area contributed by atoms with Crippen molar-refractivity contribution in [3.05, 3.63) is 70.2 Å². The highest BCUT2D eigenvalue weighted by Crippen LogP contribution is 2.22. The number of carbonyl (C=O) groups is 1. The van der Waals surface area contributed by atoms with Crippen LogP contribution >= 0.6 is 11.6 Å². The highest BCUT2D eigenvalue weighted by atomic mass is 35.5. The summed E-state index contributed by atoms with van der Waals surface area (Å²) in [6, 6.07) is 17.4. The third kappa shape index (κ3) is 6.30. The van der Waals surface area contributed by atoms with Gasteiger partial charge in [-0.25, -0.2) is 0 Å². The van der Waals surface area contributed by atoms with Crippen LogP contribution in [0, 0.1) is 11.3 Å². The average Bonchev–Trinajstić information content (AvgIpc) is 2.93. The van der Waals surface area contributed by atoms with Gasteiger partial charge < -0.3 is 5.32 Å². The molecule has 2 aromatic rings. The van der Waals surface area contributed by atoms with Crippen molar-refractivity contribution in [3.8, 4) is 6.07 Å². The number of hydrogen-bond donors (Lipinski definition) is 1. The first kappa shape index (κ1) is 21.3. The Labute approximate surface area is 177 Å².